The molecule has 2 heterocycles. The van der Waals surface area contributed by atoms with Crippen molar-refractivity contribution in [1.82, 2.24) is 14.8 Å². The number of rotatable bonds is 7. The van der Waals surface area contributed by atoms with Gasteiger partial charge in [-0.2, -0.15) is 5.10 Å². The molecule has 4 aromatic rings. The summed E-state index contributed by atoms with van der Waals surface area (Å²) in [6.07, 6.45) is 8.60. The van der Waals surface area contributed by atoms with Crippen LogP contribution >= 0.6 is 0 Å². The topological polar surface area (TPSA) is 88.9 Å². The highest BCUT2D eigenvalue weighted by Gasteiger charge is 2.11. The number of aromatic nitrogens is 3. The minimum Gasteiger partial charge on any atom is -0.326 e. The lowest BCUT2D eigenvalue weighted by Gasteiger charge is -2.09. The maximum atomic E-state index is 12.6. The van der Waals surface area contributed by atoms with Gasteiger partial charge in [0.2, 0.25) is 11.8 Å². The summed E-state index contributed by atoms with van der Waals surface area (Å²) in [7, 11) is 0. The largest absolute Gasteiger partial charge is 0.326 e. The predicted octanol–water partition coefficient (Wildman–Crippen LogP) is 4.91. The van der Waals surface area contributed by atoms with Gasteiger partial charge in [-0.3, -0.25) is 19.3 Å². The van der Waals surface area contributed by atoms with Gasteiger partial charge < -0.3 is 10.6 Å². The molecule has 7 heteroatoms. The van der Waals surface area contributed by atoms with Gasteiger partial charge in [0.15, 0.2) is 0 Å². The van der Waals surface area contributed by atoms with E-state index in [1.54, 1.807) is 30.6 Å². The van der Waals surface area contributed by atoms with E-state index in [2.05, 4.69) is 15.6 Å². The van der Waals surface area contributed by atoms with Crippen LogP contribution in [-0.4, -0.2) is 26.6 Å². The van der Waals surface area contributed by atoms with Crippen LogP contribution in [0.1, 0.15) is 23.6 Å². The number of aryl methyl sites for hydroxylation is 1. The van der Waals surface area contributed by atoms with Crippen molar-refractivity contribution in [3.8, 4) is 11.3 Å². The van der Waals surface area contributed by atoms with E-state index >= 15 is 0 Å². The van der Waals surface area contributed by atoms with Gasteiger partial charge in [0.1, 0.15) is 5.69 Å². The Bertz CT molecular complexity index is 1330. The van der Waals surface area contributed by atoms with Gasteiger partial charge in [-0.25, -0.2) is 0 Å². The van der Waals surface area contributed by atoms with Crippen LogP contribution in [0.15, 0.2) is 85.3 Å². The van der Waals surface area contributed by atoms with E-state index in [1.807, 2.05) is 66.3 Å². The van der Waals surface area contributed by atoms with E-state index < -0.39 is 0 Å². The van der Waals surface area contributed by atoms with Crippen LogP contribution in [0.5, 0.6) is 0 Å². The maximum Gasteiger partial charge on any atom is 0.248 e. The first-order valence-corrected chi connectivity index (χ1v) is 10.9. The molecule has 0 radical (unpaired) electrons. The third-order valence-electron chi connectivity index (χ3n) is 5.14. The van der Waals surface area contributed by atoms with Gasteiger partial charge in [0.05, 0.1) is 6.54 Å². The van der Waals surface area contributed by atoms with E-state index in [-0.39, 0.29) is 11.8 Å². The molecule has 0 bridgehead atoms. The lowest BCUT2D eigenvalue weighted by atomic mass is 10.1. The molecule has 0 aliphatic heterocycles. The molecule has 0 saturated heterocycles. The minimum atomic E-state index is -0.287. The smallest absolute Gasteiger partial charge is 0.248 e. The van der Waals surface area contributed by atoms with Crippen molar-refractivity contribution in [2.45, 2.75) is 20.4 Å². The number of amides is 2. The van der Waals surface area contributed by atoms with Crippen LogP contribution in [-0.2, 0) is 16.1 Å². The molecule has 0 aliphatic rings. The molecule has 4 rings (SSSR count). The highest BCUT2D eigenvalue weighted by molar-refractivity contribution is 6.03. The van der Waals surface area contributed by atoms with Crippen LogP contribution in [0.3, 0.4) is 0 Å². The molecule has 2 aromatic carbocycles. The molecular weight excluding hydrogens is 426 g/mol. The van der Waals surface area contributed by atoms with Crippen LogP contribution in [0.25, 0.3) is 17.3 Å². The summed E-state index contributed by atoms with van der Waals surface area (Å²) in [6.45, 7) is 3.96. The Morgan fingerprint density at radius 3 is 2.59 bits per heavy atom. The van der Waals surface area contributed by atoms with Gasteiger partial charge >= 0.3 is 0 Å². The Balaban J connectivity index is 1.55. The van der Waals surface area contributed by atoms with E-state index in [0.717, 1.165) is 27.9 Å². The minimum absolute atomic E-state index is 0.165. The van der Waals surface area contributed by atoms with Crippen molar-refractivity contribution in [3.05, 3.63) is 102 Å². The number of carbonyl (C=O) groups excluding carboxylic acids is 2. The van der Waals surface area contributed by atoms with E-state index in [1.165, 1.54) is 13.0 Å². The Hall–Kier alpha value is -4.52. The van der Waals surface area contributed by atoms with Crippen molar-refractivity contribution >= 4 is 29.3 Å². The molecule has 0 fully saturated rings. The Morgan fingerprint density at radius 2 is 1.85 bits per heavy atom. The standard InChI is InChI=1S/C27H25N5O2/c1-19-10-12-24(15-25(19)29-20(2)33)30-26(34)13-11-23-18-32(17-21-7-4-3-5-8-21)31-27(23)22-9-6-14-28-16-22/h3-16,18H,17H2,1-2H3,(H,29,33)(H,30,34). The zero-order valence-electron chi connectivity index (χ0n) is 19.0. The van der Waals surface area contributed by atoms with Crippen molar-refractivity contribution in [3.63, 3.8) is 0 Å². The van der Waals surface area contributed by atoms with E-state index in [4.69, 9.17) is 5.10 Å². The fraction of sp³-hybridized carbons (Fsp3) is 0.111. The van der Waals surface area contributed by atoms with Crippen LogP contribution in [0, 0.1) is 6.92 Å². The number of nitrogens with zero attached hydrogens (tertiary/aromatic N) is 3. The molecule has 7 nitrogen and oxygen atoms in total. The summed E-state index contributed by atoms with van der Waals surface area (Å²) in [5.41, 5.74) is 5.72. The molecular formula is C27H25N5O2. The van der Waals surface area contributed by atoms with E-state index in [9.17, 15) is 9.59 Å². The van der Waals surface area contributed by atoms with Crippen LogP contribution in [0.4, 0.5) is 11.4 Å². The van der Waals surface area contributed by atoms with E-state index in [0.29, 0.717) is 17.9 Å². The third kappa shape index (κ3) is 5.83. The first kappa shape index (κ1) is 22.7. The van der Waals surface area contributed by atoms with Crippen LogP contribution in [0.2, 0.25) is 0 Å². The van der Waals surface area contributed by atoms with Crippen molar-refractivity contribution in [1.29, 1.82) is 0 Å². The van der Waals surface area contributed by atoms with Crippen molar-refractivity contribution in [2.75, 3.05) is 10.6 Å². The number of hydrogen-bond acceptors (Lipinski definition) is 4. The number of hydrogen-bond donors (Lipinski definition) is 2. The molecule has 2 amide bonds. The summed E-state index contributed by atoms with van der Waals surface area (Å²) >= 11 is 0. The fourth-order valence-electron chi connectivity index (χ4n) is 3.51. The van der Waals surface area contributed by atoms with Crippen LogP contribution < -0.4 is 10.6 Å². The summed E-state index contributed by atoms with van der Waals surface area (Å²) in [5, 5.41) is 10.4. The zero-order valence-corrected chi connectivity index (χ0v) is 19.0. The maximum absolute atomic E-state index is 12.6. The fourth-order valence-corrected chi connectivity index (χ4v) is 3.51. The van der Waals surface area contributed by atoms with Crippen molar-refractivity contribution in [2.24, 2.45) is 0 Å². The number of nitrogens with one attached hydrogen (secondary N) is 2. The quantitative estimate of drug-likeness (QED) is 0.391. The molecule has 0 spiro atoms. The van der Waals surface area contributed by atoms with Gasteiger partial charge in [0, 0.05) is 54.1 Å². The monoisotopic (exact) mass is 451 g/mol. The normalized spacial score (nSPS) is 10.9. The Kier molecular flexibility index (Phi) is 6.93. The lowest BCUT2D eigenvalue weighted by Crippen LogP contribution is -2.10. The molecule has 2 N–H and O–H groups in total. The van der Waals surface area contributed by atoms with Gasteiger partial charge in [-0.15, -0.1) is 0 Å². The molecule has 34 heavy (non-hydrogen) atoms. The highest BCUT2D eigenvalue weighted by Crippen LogP contribution is 2.24. The molecule has 2 aromatic heterocycles. The average molecular weight is 452 g/mol. The second-order valence-corrected chi connectivity index (χ2v) is 7.89. The number of pyridine rings is 1. The van der Waals surface area contributed by atoms with Crippen molar-refractivity contribution < 1.29 is 9.59 Å². The summed E-state index contributed by atoms with van der Waals surface area (Å²) in [5.74, 6) is -0.451. The lowest BCUT2D eigenvalue weighted by molar-refractivity contribution is -0.114. The summed E-state index contributed by atoms with van der Waals surface area (Å²) in [6, 6.07) is 19.2. The van der Waals surface area contributed by atoms with Gasteiger partial charge in [0.25, 0.3) is 0 Å². The number of carbonyl (C=O) groups is 2. The van der Waals surface area contributed by atoms with Gasteiger partial charge in [-0.1, -0.05) is 36.4 Å². The summed E-state index contributed by atoms with van der Waals surface area (Å²) < 4.78 is 1.86. The Morgan fingerprint density at radius 1 is 1.03 bits per heavy atom. The number of benzene rings is 2. The highest BCUT2D eigenvalue weighted by atomic mass is 16.2. The Labute approximate surface area is 198 Å². The molecule has 0 aliphatic carbocycles. The zero-order chi connectivity index (χ0) is 23.9. The average Bonchev–Trinajstić information content (AvgIpc) is 3.23. The second kappa shape index (κ2) is 10.4. The first-order chi connectivity index (χ1) is 16.5. The van der Waals surface area contributed by atoms with Gasteiger partial charge in [-0.05, 0) is 48.4 Å². The third-order valence-corrected chi connectivity index (χ3v) is 5.14. The molecule has 0 unspecified atom stereocenters. The summed E-state index contributed by atoms with van der Waals surface area (Å²) in [4.78, 5) is 28.2. The molecule has 170 valence electrons. The first-order valence-electron chi connectivity index (χ1n) is 10.9. The second-order valence-electron chi connectivity index (χ2n) is 7.89. The molecule has 0 saturated carbocycles. The predicted molar refractivity (Wildman–Crippen MR) is 134 cm³/mol. The molecule has 0 atom stereocenters. The SMILES string of the molecule is CC(=O)Nc1cc(NC(=O)C=Cc2cn(Cc3ccccc3)nc2-c2cccnc2)ccc1C. The number of anilines is 2.